The number of anilines is 1. The number of hydrogen-bond donors (Lipinski definition) is 1. The van der Waals surface area contributed by atoms with Crippen LogP contribution in [0.4, 0.5) is 10.5 Å². The van der Waals surface area contributed by atoms with Crippen LogP contribution in [-0.4, -0.2) is 35.1 Å². The third-order valence-corrected chi connectivity index (χ3v) is 5.41. The van der Waals surface area contributed by atoms with Crippen molar-refractivity contribution >= 4 is 40.6 Å². The van der Waals surface area contributed by atoms with E-state index in [1.165, 1.54) is 6.08 Å². The molecular weight excluding hydrogens is 400 g/mol. The maximum Gasteiger partial charge on any atom is 0.293 e. The smallest absolute Gasteiger partial charge is 0.293 e. The second kappa shape index (κ2) is 9.45. The fourth-order valence-corrected chi connectivity index (χ4v) is 3.65. The highest BCUT2D eigenvalue weighted by Gasteiger charge is 2.33. The quantitative estimate of drug-likeness (QED) is 0.524. The third-order valence-electron chi connectivity index (χ3n) is 4.50. The first-order valence-corrected chi connectivity index (χ1v) is 10.2. The Morgan fingerprint density at radius 2 is 1.97 bits per heavy atom. The minimum atomic E-state index is -0.344. The molecule has 6 nitrogen and oxygen atoms in total. The lowest BCUT2D eigenvalue weighted by Gasteiger charge is -2.10. The van der Waals surface area contributed by atoms with Gasteiger partial charge in [0.25, 0.3) is 17.1 Å². The highest BCUT2D eigenvalue weighted by molar-refractivity contribution is 8.18. The number of amides is 3. The molecule has 3 rings (SSSR count). The summed E-state index contributed by atoms with van der Waals surface area (Å²) in [6.07, 6.45) is 3.15. The molecule has 0 aromatic heterocycles. The van der Waals surface area contributed by atoms with Crippen LogP contribution < -0.4 is 10.1 Å². The van der Waals surface area contributed by atoms with E-state index in [2.05, 4.69) is 11.9 Å². The third kappa shape index (κ3) is 5.18. The predicted octanol–water partition coefficient (Wildman–Crippen LogP) is 4.54. The van der Waals surface area contributed by atoms with Crippen molar-refractivity contribution in [3.63, 3.8) is 0 Å². The normalized spacial score (nSPS) is 14.9. The van der Waals surface area contributed by atoms with Crippen molar-refractivity contribution in [1.82, 2.24) is 4.90 Å². The molecule has 154 valence electrons. The van der Waals surface area contributed by atoms with Crippen LogP contribution in [0.25, 0.3) is 6.08 Å². The predicted molar refractivity (Wildman–Crippen MR) is 119 cm³/mol. The van der Waals surface area contributed by atoms with Gasteiger partial charge in [0.15, 0.2) is 6.61 Å². The molecule has 0 radical (unpaired) electrons. The minimum absolute atomic E-state index is 0.147. The second-order valence-corrected chi connectivity index (χ2v) is 7.78. The SMILES string of the molecule is C=CCN1C(=O)S/C(=C\c2cccc(OCC(=O)Nc3ccc(C)c(C)c3)c2)C1=O. The average molecular weight is 423 g/mol. The van der Waals surface area contributed by atoms with Gasteiger partial charge in [-0.2, -0.15) is 0 Å². The number of ether oxygens (including phenoxy) is 1. The summed E-state index contributed by atoms with van der Waals surface area (Å²) >= 11 is 0.890. The van der Waals surface area contributed by atoms with Crippen molar-refractivity contribution in [2.45, 2.75) is 13.8 Å². The molecule has 1 aliphatic rings. The molecule has 7 heteroatoms. The fourth-order valence-electron chi connectivity index (χ4n) is 2.80. The molecule has 2 aromatic carbocycles. The van der Waals surface area contributed by atoms with Crippen LogP contribution in [0, 0.1) is 13.8 Å². The Kier molecular flexibility index (Phi) is 6.74. The molecule has 0 spiro atoms. The van der Waals surface area contributed by atoms with Gasteiger partial charge in [-0.3, -0.25) is 19.3 Å². The topological polar surface area (TPSA) is 75.7 Å². The molecule has 1 aliphatic heterocycles. The Balaban J connectivity index is 1.62. The van der Waals surface area contributed by atoms with Gasteiger partial charge in [0.05, 0.1) is 4.91 Å². The van der Waals surface area contributed by atoms with Crippen LogP contribution in [-0.2, 0) is 9.59 Å². The number of nitrogens with one attached hydrogen (secondary N) is 1. The van der Waals surface area contributed by atoms with Gasteiger partial charge in [-0.25, -0.2) is 0 Å². The Morgan fingerprint density at radius 3 is 2.70 bits per heavy atom. The lowest BCUT2D eigenvalue weighted by atomic mass is 10.1. The maximum atomic E-state index is 12.3. The highest BCUT2D eigenvalue weighted by atomic mass is 32.2. The van der Waals surface area contributed by atoms with E-state index in [4.69, 9.17) is 4.74 Å². The monoisotopic (exact) mass is 422 g/mol. The van der Waals surface area contributed by atoms with E-state index < -0.39 is 0 Å². The van der Waals surface area contributed by atoms with Crippen molar-refractivity contribution < 1.29 is 19.1 Å². The van der Waals surface area contributed by atoms with Gasteiger partial charge in [0.1, 0.15) is 5.75 Å². The second-order valence-electron chi connectivity index (χ2n) is 6.79. The summed E-state index contributed by atoms with van der Waals surface area (Å²) in [6, 6.07) is 12.7. The minimum Gasteiger partial charge on any atom is -0.484 e. The van der Waals surface area contributed by atoms with Gasteiger partial charge in [0.2, 0.25) is 0 Å². The summed E-state index contributed by atoms with van der Waals surface area (Å²) in [7, 11) is 0. The van der Waals surface area contributed by atoms with E-state index >= 15 is 0 Å². The van der Waals surface area contributed by atoms with E-state index in [1.807, 2.05) is 32.0 Å². The fraction of sp³-hybridized carbons (Fsp3) is 0.174. The number of thioether (sulfide) groups is 1. The van der Waals surface area contributed by atoms with Crippen molar-refractivity contribution in [3.8, 4) is 5.75 Å². The Hall–Kier alpha value is -3.32. The molecule has 30 heavy (non-hydrogen) atoms. The number of hydrogen-bond acceptors (Lipinski definition) is 5. The van der Waals surface area contributed by atoms with Crippen LogP contribution in [0.5, 0.6) is 5.75 Å². The zero-order valence-corrected chi connectivity index (χ0v) is 17.6. The lowest BCUT2D eigenvalue weighted by molar-refractivity contribution is -0.122. The number of carbonyl (C=O) groups is 3. The maximum absolute atomic E-state index is 12.3. The molecule has 0 atom stereocenters. The number of carbonyl (C=O) groups excluding carboxylic acids is 3. The molecule has 0 unspecified atom stereocenters. The molecule has 3 amide bonds. The van der Waals surface area contributed by atoms with E-state index in [0.29, 0.717) is 16.2 Å². The van der Waals surface area contributed by atoms with Gasteiger partial charge in [-0.1, -0.05) is 24.3 Å². The summed E-state index contributed by atoms with van der Waals surface area (Å²) in [6.45, 7) is 7.59. The van der Waals surface area contributed by atoms with Crippen LogP contribution in [0.15, 0.2) is 60.0 Å². The molecule has 0 bridgehead atoms. The van der Waals surface area contributed by atoms with Crippen LogP contribution in [0.3, 0.4) is 0 Å². The first-order valence-electron chi connectivity index (χ1n) is 9.33. The van der Waals surface area contributed by atoms with Crippen LogP contribution >= 0.6 is 11.8 Å². The van der Waals surface area contributed by atoms with E-state index in [1.54, 1.807) is 30.3 Å². The van der Waals surface area contributed by atoms with E-state index in [0.717, 1.165) is 33.5 Å². The Bertz CT molecular complexity index is 1050. The van der Waals surface area contributed by atoms with Crippen LogP contribution in [0.1, 0.15) is 16.7 Å². The highest BCUT2D eigenvalue weighted by Crippen LogP contribution is 2.32. The Morgan fingerprint density at radius 1 is 1.17 bits per heavy atom. The number of benzene rings is 2. The summed E-state index contributed by atoms with van der Waals surface area (Å²) in [5.74, 6) is -0.123. The number of aryl methyl sites for hydroxylation is 2. The van der Waals surface area contributed by atoms with E-state index in [9.17, 15) is 14.4 Å². The molecule has 2 aromatic rings. The van der Waals surface area contributed by atoms with Gasteiger partial charge in [-0.15, -0.1) is 6.58 Å². The zero-order valence-electron chi connectivity index (χ0n) is 16.8. The standard InChI is InChI=1S/C23H22N2O4S/c1-4-10-25-22(27)20(30-23(25)28)13-17-6-5-7-19(12-17)29-14-21(26)24-18-9-8-15(2)16(3)11-18/h4-9,11-13H,1,10,14H2,2-3H3,(H,24,26)/b20-13-. The molecule has 0 saturated carbocycles. The van der Waals surface area contributed by atoms with Crippen molar-refractivity contribution in [2.75, 3.05) is 18.5 Å². The zero-order chi connectivity index (χ0) is 21.7. The molecule has 1 heterocycles. The summed E-state index contributed by atoms with van der Waals surface area (Å²) in [4.78, 5) is 37.9. The van der Waals surface area contributed by atoms with Gasteiger partial charge < -0.3 is 10.1 Å². The number of imide groups is 1. The van der Waals surface area contributed by atoms with Gasteiger partial charge in [-0.05, 0) is 72.6 Å². The molecule has 1 saturated heterocycles. The summed E-state index contributed by atoms with van der Waals surface area (Å²) in [5, 5.41) is 2.49. The first-order chi connectivity index (χ1) is 14.4. The molecule has 1 N–H and O–H groups in total. The average Bonchev–Trinajstić information content (AvgIpc) is 2.97. The molecular formula is C23H22N2O4S. The Labute approximate surface area is 179 Å². The largest absolute Gasteiger partial charge is 0.484 e. The van der Waals surface area contributed by atoms with E-state index in [-0.39, 0.29) is 30.2 Å². The molecule has 0 aliphatic carbocycles. The number of nitrogens with zero attached hydrogens (tertiary/aromatic N) is 1. The first kappa shape index (κ1) is 21.4. The van der Waals surface area contributed by atoms with Gasteiger partial charge >= 0.3 is 0 Å². The van der Waals surface area contributed by atoms with Crippen molar-refractivity contribution in [2.24, 2.45) is 0 Å². The summed E-state index contributed by atoms with van der Waals surface area (Å²) < 4.78 is 5.58. The molecule has 1 fully saturated rings. The van der Waals surface area contributed by atoms with Crippen LogP contribution in [0.2, 0.25) is 0 Å². The number of rotatable bonds is 7. The summed E-state index contributed by atoms with van der Waals surface area (Å²) in [5.41, 5.74) is 3.67. The van der Waals surface area contributed by atoms with Crippen molar-refractivity contribution in [1.29, 1.82) is 0 Å². The van der Waals surface area contributed by atoms with Crippen molar-refractivity contribution in [3.05, 3.63) is 76.7 Å². The van der Waals surface area contributed by atoms with Gasteiger partial charge in [0, 0.05) is 12.2 Å². The lowest BCUT2D eigenvalue weighted by Crippen LogP contribution is -2.27.